The number of ether oxygens (including phenoxy) is 2. The smallest absolute Gasteiger partial charge is 0.334 e. The number of carbonyl (C=O) groups is 2. The Morgan fingerprint density at radius 2 is 1.96 bits per heavy atom. The van der Waals surface area contributed by atoms with Gasteiger partial charge in [-0.25, -0.2) is 4.79 Å². The van der Waals surface area contributed by atoms with Crippen molar-refractivity contribution >= 4 is 11.9 Å². The van der Waals surface area contributed by atoms with Crippen molar-refractivity contribution in [3.05, 3.63) is 35.9 Å². The Morgan fingerprint density at radius 3 is 2.54 bits per heavy atom. The molecule has 6 nitrogen and oxygen atoms in total. The zero-order valence-corrected chi connectivity index (χ0v) is 14.0. The van der Waals surface area contributed by atoms with E-state index in [1.165, 1.54) is 0 Å². The van der Waals surface area contributed by atoms with Crippen LogP contribution in [0.5, 0.6) is 0 Å². The summed E-state index contributed by atoms with van der Waals surface area (Å²) < 4.78 is 10.9. The molecule has 1 unspecified atom stereocenters. The molecule has 0 spiro atoms. The first kappa shape index (κ1) is 18.4. The number of benzene rings is 1. The average molecular weight is 335 g/mol. The van der Waals surface area contributed by atoms with E-state index in [1.807, 2.05) is 6.07 Å². The van der Waals surface area contributed by atoms with Gasteiger partial charge in [-0.3, -0.25) is 4.79 Å². The van der Waals surface area contributed by atoms with Gasteiger partial charge in [0.2, 0.25) is 5.91 Å². The molecule has 1 aliphatic heterocycles. The molecule has 2 N–H and O–H groups in total. The van der Waals surface area contributed by atoms with Gasteiger partial charge >= 0.3 is 5.97 Å². The zero-order valence-electron chi connectivity index (χ0n) is 14.0. The Labute approximate surface area is 142 Å². The summed E-state index contributed by atoms with van der Waals surface area (Å²) in [5.41, 5.74) is -0.837. The lowest BCUT2D eigenvalue weighted by molar-refractivity contribution is -0.148. The third-order valence-electron chi connectivity index (χ3n) is 4.37. The molecule has 1 aromatic carbocycles. The third kappa shape index (κ3) is 4.55. The van der Waals surface area contributed by atoms with Crippen LogP contribution < -0.4 is 5.32 Å². The summed E-state index contributed by atoms with van der Waals surface area (Å²) in [6, 6.07) is 8.79. The van der Waals surface area contributed by atoms with E-state index in [9.17, 15) is 14.7 Å². The van der Waals surface area contributed by atoms with Crippen LogP contribution in [0.3, 0.4) is 0 Å². The summed E-state index contributed by atoms with van der Waals surface area (Å²) in [7, 11) is 0. The van der Waals surface area contributed by atoms with E-state index < -0.39 is 11.5 Å². The van der Waals surface area contributed by atoms with Gasteiger partial charge in [0.25, 0.3) is 0 Å². The summed E-state index contributed by atoms with van der Waals surface area (Å²) in [4.78, 5) is 24.1. The number of carboxylic acid groups (broad SMARTS) is 1. The monoisotopic (exact) mass is 335 g/mol. The molecular weight excluding hydrogens is 310 g/mol. The molecule has 6 heteroatoms. The lowest BCUT2D eigenvalue weighted by Crippen LogP contribution is -2.51. The van der Waals surface area contributed by atoms with Crippen LogP contribution in [0.25, 0.3) is 0 Å². The maximum Gasteiger partial charge on any atom is 0.334 e. The minimum Gasteiger partial charge on any atom is -0.479 e. The van der Waals surface area contributed by atoms with Crippen LogP contribution in [0.15, 0.2) is 30.3 Å². The SMILES string of the molecule is CCC(NC(=O)CCOC1CCOCC1)(C(=O)O)c1ccccc1. The summed E-state index contributed by atoms with van der Waals surface area (Å²) in [6.07, 6.45) is 2.19. The molecule has 1 amide bonds. The Kier molecular flexibility index (Phi) is 6.75. The van der Waals surface area contributed by atoms with Crippen LogP contribution in [-0.4, -0.2) is 42.9 Å². The van der Waals surface area contributed by atoms with E-state index in [-0.39, 0.29) is 31.5 Å². The average Bonchev–Trinajstić information content (AvgIpc) is 2.61. The highest BCUT2D eigenvalue weighted by Crippen LogP contribution is 2.25. The molecule has 0 aliphatic carbocycles. The van der Waals surface area contributed by atoms with E-state index in [0.29, 0.717) is 18.8 Å². The van der Waals surface area contributed by atoms with Crippen molar-refractivity contribution in [2.75, 3.05) is 19.8 Å². The maximum absolute atomic E-state index is 12.3. The van der Waals surface area contributed by atoms with Crippen LogP contribution in [-0.2, 0) is 24.6 Å². The predicted molar refractivity (Wildman–Crippen MR) is 88.6 cm³/mol. The van der Waals surface area contributed by atoms with Crippen molar-refractivity contribution in [1.82, 2.24) is 5.32 Å². The summed E-state index contributed by atoms with van der Waals surface area (Å²) in [5, 5.41) is 12.4. The van der Waals surface area contributed by atoms with Crippen LogP contribution in [0.1, 0.15) is 38.2 Å². The standard InChI is InChI=1S/C18H25NO5/c1-2-18(17(21)22,14-6-4-3-5-7-14)19-16(20)10-13-24-15-8-11-23-12-9-15/h3-7,15H,2,8-13H2,1H3,(H,19,20)(H,21,22). The Balaban J connectivity index is 1.94. The second-order valence-corrected chi connectivity index (χ2v) is 5.91. The van der Waals surface area contributed by atoms with Crippen molar-refractivity contribution in [1.29, 1.82) is 0 Å². The van der Waals surface area contributed by atoms with Crippen molar-refractivity contribution < 1.29 is 24.2 Å². The molecule has 0 radical (unpaired) electrons. The van der Waals surface area contributed by atoms with Gasteiger partial charge < -0.3 is 19.9 Å². The van der Waals surface area contributed by atoms with Crippen molar-refractivity contribution in [2.24, 2.45) is 0 Å². The van der Waals surface area contributed by atoms with Gasteiger partial charge in [0.05, 0.1) is 19.1 Å². The second kappa shape index (κ2) is 8.80. The molecular formula is C18H25NO5. The molecule has 0 saturated carbocycles. The zero-order chi connectivity index (χ0) is 17.4. The highest BCUT2D eigenvalue weighted by molar-refractivity contribution is 5.88. The van der Waals surface area contributed by atoms with Gasteiger partial charge in [-0.2, -0.15) is 0 Å². The van der Waals surface area contributed by atoms with Crippen LogP contribution in [0.2, 0.25) is 0 Å². The fourth-order valence-corrected chi connectivity index (χ4v) is 2.88. The Hall–Kier alpha value is -1.92. The molecule has 1 aliphatic rings. The normalized spacial score (nSPS) is 17.9. The third-order valence-corrected chi connectivity index (χ3v) is 4.37. The van der Waals surface area contributed by atoms with Crippen LogP contribution >= 0.6 is 0 Å². The minimum atomic E-state index is -1.41. The van der Waals surface area contributed by atoms with Crippen LogP contribution in [0.4, 0.5) is 0 Å². The number of hydrogen-bond acceptors (Lipinski definition) is 4. The molecule has 1 saturated heterocycles. The van der Waals surface area contributed by atoms with E-state index in [4.69, 9.17) is 9.47 Å². The van der Waals surface area contributed by atoms with E-state index in [0.717, 1.165) is 12.8 Å². The number of hydrogen-bond donors (Lipinski definition) is 2. The van der Waals surface area contributed by atoms with Gasteiger partial charge in [-0.05, 0) is 24.8 Å². The van der Waals surface area contributed by atoms with E-state index in [2.05, 4.69) is 5.32 Å². The number of carboxylic acids is 1. The Bertz CT molecular complexity index is 542. The van der Waals surface area contributed by atoms with Gasteiger partial charge in [-0.1, -0.05) is 37.3 Å². The fraction of sp³-hybridized carbons (Fsp3) is 0.556. The number of aliphatic carboxylic acids is 1. The van der Waals surface area contributed by atoms with Gasteiger partial charge in [0, 0.05) is 13.2 Å². The van der Waals surface area contributed by atoms with Gasteiger partial charge in [0.15, 0.2) is 5.54 Å². The predicted octanol–water partition coefficient (Wildman–Crippen LogP) is 2.08. The lowest BCUT2D eigenvalue weighted by Gasteiger charge is -2.30. The number of rotatable bonds is 8. The second-order valence-electron chi connectivity index (χ2n) is 5.91. The van der Waals surface area contributed by atoms with Crippen molar-refractivity contribution in [3.63, 3.8) is 0 Å². The highest BCUT2D eigenvalue weighted by atomic mass is 16.5. The lowest BCUT2D eigenvalue weighted by atomic mass is 9.87. The molecule has 1 atom stereocenters. The van der Waals surface area contributed by atoms with Gasteiger partial charge in [0.1, 0.15) is 0 Å². The number of nitrogens with one attached hydrogen (secondary N) is 1. The fourth-order valence-electron chi connectivity index (χ4n) is 2.88. The summed E-state index contributed by atoms with van der Waals surface area (Å²) >= 11 is 0. The van der Waals surface area contributed by atoms with Crippen LogP contribution in [0, 0.1) is 0 Å². The number of carbonyl (C=O) groups excluding carboxylic acids is 1. The molecule has 132 valence electrons. The van der Waals surface area contributed by atoms with E-state index in [1.54, 1.807) is 31.2 Å². The topological polar surface area (TPSA) is 84.9 Å². The summed E-state index contributed by atoms with van der Waals surface area (Å²) in [6.45, 7) is 3.40. The van der Waals surface area contributed by atoms with Crippen molar-refractivity contribution in [3.8, 4) is 0 Å². The molecule has 1 fully saturated rings. The summed E-state index contributed by atoms with van der Waals surface area (Å²) in [5.74, 6) is -1.38. The first-order valence-corrected chi connectivity index (χ1v) is 8.37. The largest absolute Gasteiger partial charge is 0.479 e. The molecule has 0 aromatic heterocycles. The first-order chi connectivity index (χ1) is 11.6. The molecule has 24 heavy (non-hydrogen) atoms. The molecule has 0 bridgehead atoms. The molecule has 2 rings (SSSR count). The molecule has 1 aromatic rings. The number of amides is 1. The van der Waals surface area contributed by atoms with E-state index >= 15 is 0 Å². The highest BCUT2D eigenvalue weighted by Gasteiger charge is 2.40. The first-order valence-electron chi connectivity index (χ1n) is 8.37. The quantitative estimate of drug-likeness (QED) is 0.760. The van der Waals surface area contributed by atoms with Gasteiger partial charge in [-0.15, -0.1) is 0 Å². The van der Waals surface area contributed by atoms with Crippen molar-refractivity contribution in [2.45, 2.75) is 44.2 Å². The maximum atomic E-state index is 12.3. The molecule has 1 heterocycles. The minimum absolute atomic E-state index is 0.121. The Morgan fingerprint density at radius 1 is 1.29 bits per heavy atom.